The Morgan fingerprint density at radius 1 is 1.27 bits per heavy atom. The van der Waals surface area contributed by atoms with Crippen molar-refractivity contribution in [2.45, 2.75) is 12.8 Å². The number of nitrogens with one attached hydrogen (secondary N) is 1. The number of fused-ring (bicyclic) bond motifs is 1. The van der Waals surface area contributed by atoms with Crippen LogP contribution in [0.15, 0.2) is 54.7 Å². The lowest BCUT2D eigenvalue weighted by molar-refractivity contribution is -0.116. The van der Waals surface area contributed by atoms with Crippen molar-refractivity contribution in [3.63, 3.8) is 0 Å². The molecule has 0 spiro atoms. The SMILES string of the molecule is O=C(/C=C/C1C=CC=CC1)NCCc1ccc2c(c1)OCO2. The van der Waals surface area contributed by atoms with Crippen molar-refractivity contribution in [2.24, 2.45) is 5.92 Å². The van der Waals surface area contributed by atoms with Gasteiger partial charge in [-0.3, -0.25) is 4.79 Å². The Hall–Kier alpha value is -2.49. The first kappa shape index (κ1) is 14.4. The monoisotopic (exact) mass is 297 g/mol. The van der Waals surface area contributed by atoms with Gasteiger partial charge in [0.25, 0.3) is 0 Å². The van der Waals surface area contributed by atoms with E-state index in [-0.39, 0.29) is 12.7 Å². The average Bonchev–Trinajstić information content (AvgIpc) is 3.02. The normalized spacial score (nSPS) is 18.8. The summed E-state index contributed by atoms with van der Waals surface area (Å²) in [6.07, 6.45) is 13.5. The molecule has 1 atom stereocenters. The molecule has 4 heteroatoms. The first-order chi connectivity index (χ1) is 10.8. The molecule has 4 nitrogen and oxygen atoms in total. The Morgan fingerprint density at radius 3 is 3.05 bits per heavy atom. The van der Waals surface area contributed by atoms with Gasteiger partial charge < -0.3 is 14.8 Å². The third kappa shape index (κ3) is 3.79. The van der Waals surface area contributed by atoms with Crippen LogP contribution < -0.4 is 14.8 Å². The number of benzene rings is 1. The predicted octanol–water partition coefficient (Wildman–Crippen LogP) is 2.76. The molecule has 0 fully saturated rings. The van der Waals surface area contributed by atoms with Crippen LogP contribution in [0, 0.1) is 5.92 Å². The molecular formula is C18H19NO3. The van der Waals surface area contributed by atoms with Gasteiger partial charge in [-0.25, -0.2) is 0 Å². The number of carbonyl (C=O) groups excluding carboxylic acids is 1. The smallest absolute Gasteiger partial charge is 0.243 e. The third-order valence-electron chi connectivity index (χ3n) is 3.66. The van der Waals surface area contributed by atoms with Gasteiger partial charge in [0.15, 0.2) is 11.5 Å². The first-order valence-corrected chi connectivity index (χ1v) is 7.49. The standard InChI is InChI=1S/C18H19NO3/c20-18(9-7-14-4-2-1-3-5-14)19-11-10-15-6-8-16-17(12-15)22-13-21-16/h1-4,6-9,12,14H,5,10-11,13H2,(H,19,20)/b9-7+. The molecule has 2 aliphatic rings. The van der Waals surface area contributed by atoms with Crippen LogP contribution in [0.4, 0.5) is 0 Å². The molecule has 1 aromatic carbocycles. The molecule has 1 amide bonds. The first-order valence-electron chi connectivity index (χ1n) is 7.49. The minimum Gasteiger partial charge on any atom is -0.454 e. The molecule has 1 N–H and O–H groups in total. The van der Waals surface area contributed by atoms with Gasteiger partial charge >= 0.3 is 0 Å². The van der Waals surface area contributed by atoms with E-state index >= 15 is 0 Å². The molecule has 3 rings (SSSR count). The molecular weight excluding hydrogens is 278 g/mol. The summed E-state index contributed by atoms with van der Waals surface area (Å²) in [5, 5.41) is 2.90. The van der Waals surface area contributed by atoms with Crippen LogP contribution in [-0.2, 0) is 11.2 Å². The van der Waals surface area contributed by atoms with Crippen molar-refractivity contribution in [3.8, 4) is 11.5 Å². The van der Waals surface area contributed by atoms with Crippen LogP contribution in [0.25, 0.3) is 0 Å². The van der Waals surface area contributed by atoms with E-state index in [4.69, 9.17) is 9.47 Å². The minimum atomic E-state index is -0.0521. The highest BCUT2D eigenvalue weighted by Gasteiger charge is 2.12. The maximum absolute atomic E-state index is 11.8. The molecule has 1 unspecified atom stereocenters. The molecule has 0 saturated heterocycles. The van der Waals surface area contributed by atoms with Crippen LogP contribution in [0.5, 0.6) is 11.5 Å². The Bertz CT molecular complexity index is 631. The zero-order chi connectivity index (χ0) is 15.2. The van der Waals surface area contributed by atoms with Crippen molar-refractivity contribution in [2.75, 3.05) is 13.3 Å². The quantitative estimate of drug-likeness (QED) is 0.850. The van der Waals surface area contributed by atoms with E-state index in [2.05, 4.69) is 17.5 Å². The lowest BCUT2D eigenvalue weighted by Crippen LogP contribution is -2.23. The number of hydrogen-bond donors (Lipinski definition) is 1. The molecule has 0 aromatic heterocycles. The lowest BCUT2D eigenvalue weighted by atomic mass is 10.0. The topological polar surface area (TPSA) is 47.6 Å². The summed E-state index contributed by atoms with van der Waals surface area (Å²) >= 11 is 0. The maximum atomic E-state index is 11.8. The summed E-state index contributed by atoms with van der Waals surface area (Å²) in [4.78, 5) is 11.8. The molecule has 1 heterocycles. The lowest BCUT2D eigenvalue weighted by Gasteiger charge is -2.07. The van der Waals surface area contributed by atoms with E-state index in [1.165, 1.54) is 0 Å². The zero-order valence-corrected chi connectivity index (χ0v) is 12.3. The molecule has 22 heavy (non-hydrogen) atoms. The predicted molar refractivity (Wildman–Crippen MR) is 84.8 cm³/mol. The Balaban J connectivity index is 1.42. The number of amides is 1. The maximum Gasteiger partial charge on any atom is 0.243 e. The van der Waals surface area contributed by atoms with Gasteiger partial charge in [-0.1, -0.05) is 36.4 Å². The molecule has 114 valence electrons. The fraction of sp³-hybridized carbons (Fsp3) is 0.278. The third-order valence-corrected chi connectivity index (χ3v) is 3.66. The highest BCUT2D eigenvalue weighted by molar-refractivity contribution is 5.87. The Kier molecular flexibility index (Phi) is 4.59. The van der Waals surface area contributed by atoms with E-state index in [1.807, 2.05) is 36.4 Å². The van der Waals surface area contributed by atoms with Crippen LogP contribution in [0.1, 0.15) is 12.0 Å². The number of rotatable bonds is 5. The summed E-state index contributed by atoms with van der Waals surface area (Å²) in [5.74, 6) is 1.83. The second kappa shape index (κ2) is 6.98. The molecule has 1 aliphatic carbocycles. The van der Waals surface area contributed by atoms with Gasteiger partial charge in [0, 0.05) is 6.54 Å². The summed E-state index contributed by atoms with van der Waals surface area (Å²) in [6.45, 7) is 0.883. The summed E-state index contributed by atoms with van der Waals surface area (Å²) in [5.41, 5.74) is 1.12. The van der Waals surface area contributed by atoms with E-state index in [1.54, 1.807) is 6.08 Å². The number of allylic oxidation sites excluding steroid dienone is 5. The van der Waals surface area contributed by atoms with Crippen molar-refractivity contribution in [1.82, 2.24) is 5.32 Å². The molecule has 1 aromatic rings. The minimum absolute atomic E-state index is 0.0521. The van der Waals surface area contributed by atoms with Gasteiger partial charge in [-0.2, -0.15) is 0 Å². The fourth-order valence-corrected chi connectivity index (χ4v) is 2.44. The Labute approximate surface area is 130 Å². The molecule has 0 saturated carbocycles. The number of ether oxygens (including phenoxy) is 2. The van der Waals surface area contributed by atoms with Crippen LogP contribution in [-0.4, -0.2) is 19.2 Å². The second-order valence-electron chi connectivity index (χ2n) is 5.30. The molecule has 1 aliphatic heterocycles. The van der Waals surface area contributed by atoms with Gasteiger partial charge in [-0.15, -0.1) is 0 Å². The van der Waals surface area contributed by atoms with Gasteiger partial charge in [0.2, 0.25) is 12.7 Å². The fourth-order valence-electron chi connectivity index (χ4n) is 2.44. The second-order valence-corrected chi connectivity index (χ2v) is 5.30. The summed E-state index contributed by atoms with van der Waals surface area (Å²) in [6, 6.07) is 5.86. The zero-order valence-electron chi connectivity index (χ0n) is 12.3. The van der Waals surface area contributed by atoms with Crippen molar-refractivity contribution in [3.05, 3.63) is 60.2 Å². The van der Waals surface area contributed by atoms with E-state index in [0.717, 1.165) is 29.9 Å². The Morgan fingerprint density at radius 2 is 2.18 bits per heavy atom. The van der Waals surface area contributed by atoms with Crippen LogP contribution in [0.3, 0.4) is 0 Å². The molecule has 0 bridgehead atoms. The highest BCUT2D eigenvalue weighted by Crippen LogP contribution is 2.32. The van der Waals surface area contributed by atoms with Crippen LogP contribution >= 0.6 is 0 Å². The van der Waals surface area contributed by atoms with Crippen molar-refractivity contribution < 1.29 is 14.3 Å². The van der Waals surface area contributed by atoms with Crippen molar-refractivity contribution in [1.29, 1.82) is 0 Å². The summed E-state index contributed by atoms with van der Waals surface area (Å²) in [7, 11) is 0. The highest BCUT2D eigenvalue weighted by atomic mass is 16.7. The largest absolute Gasteiger partial charge is 0.454 e. The average molecular weight is 297 g/mol. The van der Waals surface area contributed by atoms with E-state index in [0.29, 0.717) is 12.5 Å². The van der Waals surface area contributed by atoms with Gasteiger partial charge in [0.1, 0.15) is 0 Å². The van der Waals surface area contributed by atoms with E-state index < -0.39 is 0 Å². The van der Waals surface area contributed by atoms with Gasteiger partial charge in [-0.05, 0) is 42.5 Å². The number of carbonyl (C=O) groups is 1. The summed E-state index contributed by atoms with van der Waals surface area (Å²) < 4.78 is 10.6. The van der Waals surface area contributed by atoms with Crippen LogP contribution in [0.2, 0.25) is 0 Å². The van der Waals surface area contributed by atoms with E-state index in [9.17, 15) is 4.79 Å². The number of hydrogen-bond acceptors (Lipinski definition) is 3. The molecule has 0 radical (unpaired) electrons. The van der Waals surface area contributed by atoms with Gasteiger partial charge in [0.05, 0.1) is 0 Å². The van der Waals surface area contributed by atoms with Crippen molar-refractivity contribution >= 4 is 5.91 Å².